The molecule has 0 aliphatic carbocycles. The number of aryl methyl sites for hydroxylation is 2. The highest BCUT2D eigenvalue weighted by molar-refractivity contribution is 5.79. The van der Waals surface area contributed by atoms with Crippen LogP contribution in [0.4, 0.5) is 5.95 Å². The Labute approximate surface area is 164 Å². The number of nitrogens with zero attached hydrogens (tertiary/aromatic N) is 6. The first-order valence-electron chi connectivity index (χ1n) is 10.0. The highest BCUT2D eigenvalue weighted by Gasteiger charge is 2.28. The fourth-order valence-electron chi connectivity index (χ4n) is 3.82. The molecular weight excluding hydrogens is 354 g/mol. The summed E-state index contributed by atoms with van der Waals surface area (Å²) in [5.41, 5.74) is 2.88. The Morgan fingerprint density at radius 3 is 3.07 bits per heavy atom. The molecule has 8 nitrogen and oxygen atoms in total. The Hall–Kier alpha value is -2.90. The van der Waals surface area contributed by atoms with Gasteiger partial charge >= 0.3 is 0 Å². The first-order chi connectivity index (χ1) is 13.7. The Balaban J connectivity index is 1.39. The second-order valence-electron chi connectivity index (χ2n) is 7.43. The SMILES string of the molecule is CCCn1cc(CNC(=O)C2CCCN(c3nnc4ccccn34)C2)c(C)n1. The van der Waals surface area contributed by atoms with Crippen LogP contribution < -0.4 is 10.2 Å². The summed E-state index contributed by atoms with van der Waals surface area (Å²) in [6.07, 6.45) is 6.91. The maximum Gasteiger partial charge on any atom is 0.231 e. The molecule has 3 aromatic rings. The summed E-state index contributed by atoms with van der Waals surface area (Å²) in [4.78, 5) is 15.0. The number of pyridine rings is 1. The van der Waals surface area contributed by atoms with Crippen LogP contribution in [0.2, 0.25) is 0 Å². The van der Waals surface area contributed by atoms with Gasteiger partial charge in [0.1, 0.15) is 0 Å². The molecule has 1 saturated heterocycles. The number of fused-ring (bicyclic) bond motifs is 1. The van der Waals surface area contributed by atoms with Crippen molar-refractivity contribution in [3.63, 3.8) is 0 Å². The molecule has 0 bridgehead atoms. The normalized spacial score (nSPS) is 17.2. The summed E-state index contributed by atoms with van der Waals surface area (Å²) >= 11 is 0. The molecule has 0 spiro atoms. The summed E-state index contributed by atoms with van der Waals surface area (Å²) in [6, 6.07) is 5.85. The van der Waals surface area contributed by atoms with E-state index in [4.69, 9.17) is 0 Å². The fraction of sp³-hybridized carbons (Fsp3) is 0.500. The van der Waals surface area contributed by atoms with Crippen molar-refractivity contribution >= 4 is 17.5 Å². The molecule has 1 atom stereocenters. The molecule has 1 fully saturated rings. The van der Waals surface area contributed by atoms with Gasteiger partial charge in [-0.3, -0.25) is 13.9 Å². The predicted octanol–water partition coefficient (Wildman–Crippen LogP) is 2.18. The molecule has 1 aliphatic rings. The van der Waals surface area contributed by atoms with Crippen molar-refractivity contribution in [3.8, 4) is 0 Å². The number of amides is 1. The van der Waals surface area contributed by atoms with E-state index in [9.17, 15) is 4.79 Å². The maximum absolute atomic E-state index is 12.8. The second kappa shape index (κ2) is 8.00. The van der Waals surface area contributed by atoms with Crippen LogP contribution in [-0.4, -0.2) is 43.4 Å². The van der Waals surface area contributed by atoms with Crippen LogP contribution in [0.1, 0.15) is 37.4 Å². The highest BCUT2D eigenvalue weighted by Crippen LogP contribution is 2.22. The minimum Gasteiger partial charge on any atom is -0.352 e. The summed E-state index contributed by atoms with van der Waals surface area (Å²) < 4.78 is 3.93. The largest absolute Gasteiger partial charge is 0.352 e. The van der Waals surface area contributed by atoms with Gasteiger partial charge in [0.05, 0.1) is 11.6 Å². The van der Waals surface area contributed by atoms with E-state index in [-0.39, 0.29) is 11.8 Å². The van der Waals surface area contributed by atoms with Crippen molar-refractivity contribution in [1.29, 1.82) is 0 Å². The summed E-state index contributed by atoms with van der Waals surface area (Å²) in [5.74, 6) is 0.863. The quantitative estimate of drug-likeness (QED) is 0.708. The van der Waals surface area contributed by atoms with E-state index < -0.39 is 0 Å². The van der Waals surface area contributed by atoms with Gasteiger partial charge in [-0.15, -0.1) is 10.2 Å². The van der Waals surface area contributed by atoms with Gasteiger partial charge in [-0.05, 0) is 38.3 Å². The van der Waals surface area contributed by atoms with E-state index in [1.54, 1.807) is 0 Å². The van der Waals surface area contributed by atoms with E-state index in [0.717, 1.165) is 55.2 Å². The molecule has 1 aliphatic heterocycles. The van der Waals surface area contributed by atoms with Crippen LogP contribution in [0.5, 0.6) is 0 Å². The average Bonchev–Trinajstić information content (AvgIpc) is 3.30. The van der Waals surface area contributed by atoms with Crippen LogP contribution in [-0.2, 0) is 17.9 Å². The second-order valence-corrected chi connectivity index (χ2v) is 7.43. The number of nitrogens with one attached hydrogen (secondary N) is 1. The molecule has 4 heterocycles. The van der Waals surface area contributed by atoms with Gasteiger partial charge in [-0.25, -0.2) is 0 Å². The number of anilines is 1. The van der Waals surface area contributed by atoms with Gasteiger partial charge in [-0.1, -0.05) is 13.0 Å². The smallest absolute Gasteiger partial charge is 0.231 e. The standard InChI is InChI=1S/C20H27N7O/c1-3-9-26-14-17(15(2)24-26)12-21-19(28)16-7-6-10-25(13-16)20-23-22-18-8-4-5-11-27(18)20/h4-5,8,11,14,16H,3,6-7,9-10,12-13H2,1-2H3,(H,21,28). The van der Waals surface area contributed by atoms with E-state index in [1.807, 2.05) is 46.6 Å². The Kier molecular flexibility index (Phi) is 5.27. The summed E-state index contributed by atoms with van der Waals surface area (Å²) in [5, 5.41) is 16.2. The van der Waals surface area contributed by atoms with Crippen LogP contribution in [0.15, 0.2) is 30.6 Å². The van der Waals surface area contributed by atoms with Crippen molar-refractivity contribution in [2.75, 3.05) is 18.0 Å². The average molecular weight is 381 g/mol. The molecule has 1 N–H and O–H groups in total. The number of rotatable bonds is 6. The van der Waals surface area contributed by atoms with Crippen molar-refractivity contribution in [3.05, 3.63) is 41.9 Å². The van der Waals surface area contributed by atoms with E-state index in [2.05, 4.69) is 32.4 Å². The third-order valence-corrected chi connectivity index (χ3v) is 5.32. The van der Waals surface area contributed by atoms with Crippen molar-refractivity contribution in [2.45, 2.75) is 46.2 Å². The molecule has 1 unspecified atom stereocenters. The first kappa shape index (κ1) is 18.5. The lowest BCUT2D eigenvalue weighted by Gasteiger charge is -2.31. The van der Waals surface area contributed by atoms with Crippen LogP contribution >= 0.6 is 0 Å². The Morgan fingerprint density at radius 1 is 1.32 bits per heavy atom. The Morgan fingerprint density at radius 2 is 2.21 bits per heavy atom. The molecular formula is C20H27N7O. The number of carbonyl (C=O) groups is 1. The van der Waals surface area contributed by atoms with Gasteiger partial charge < -0.3 is 10.2 Å². The molecule has 0 aromatic carbocycles. The number of hydrogen-bond donors (Lipinski definition) is 1. The molecule has 148 valence electrons. The number of aromatic nitrogens is 5. The molecule has 28 heavy (non-hydrogen) atoms. The van der Waals surface area contributed by atoms with Crippen molar-refractivity contribution in [2.24, 2.45) is 5.92 Å². The molecule has 0 saturated carbocycles. The van der Waals surface area contributed by atoms with E-state index >= 15 is 0 Å². The topological polar surface area (TPSA) is 80.4 Å². The third-order valence-electron chi connectivity index (χ3n) is 5.32. The van der Waals surface area contributed by atoms with Gasteiger partial charge in [0.2, 0.25) is 11.9 Å². The van der Waals surface area contributed by atoms with Gasteiger partial charge in [-0.2, -0.15) is 5.10 Å². The van der Waals surface area contributed by atoms with Crippen LogP contribution in [0, 0.1) is 12.8 Å². The van der Waals surface area contributed by atoms with Crippen molar-refractivity contribution in [1.82, 2.24) is 29.7 Å². The molecule has 4 rings (SSSR count). The molecule has 8 heteroatoms. The van der Waals surface area contributed by atoms with Crippen LogP contribution in [0.25, 0.3) is 5.65 Å². The highest BCUT2D eigenvalue weighted by atomic mass is 16.1. The van der Waals surface area contributed by atoms with E-state index in [1.165, 1.54) is 0 Å². The third kappa shape index (κ3) is 3.72. The number of carbonyl (C=O) groups excluding carboxylic acids is 1. The summed E-state index contributed by atoms with van der Waals surface area (Å²) in [7, 11) is 0. The maximum atomic E-state index is 12.8. The first-order valence-corrected chi connectivity index (χ1v) is 10.0. The summed E-state index contributed by atoms with van der Waals surface area (Å²) in [6.45, 7) is 7.10. The number of piperidine rings is 1. The molecule has 3 aromatic heterocycles. The molecule has 1 amide bonds. The molecule has 0 radical (unpaired) electrons. The minimum absolute atomic E-state index is 0.0456. The van der Waals surface area contributed by atoms with Gasteiger partial charge in [0.15, 0.2) is 5.65 Å². The van der Waals surface area contributed by atoms with Crippen LogP contribution in [0.3, 0.4) is 0 Å². The zero-order chi connectivity index (χ0) is 19.5. The minimum atomic E-state index is -0.0456. The predicted molar refractivity (Wildman–Crippen MR) is 107 cm³/mol. The number of hydrogen-bond acceptors (Lipinski definition) is 5. The van der Waals surface area contributed by atoms with E-state index in [0.29, 0.717) is 13.1 Å². The zero-order valence-electron chi connectivity index (χ0n) is 16.5. The monoisotopic (exact) mass is 381 g/mol. The lowest BCUT2D eigenvalue weighted by molar-refractivity contribution is -0.125. The van der Waals surface area contributed by atoms with Gasteiger partial charge in [0, 0.05) is 44.1 Å². The lowest BCUT2D eigenvalue weighted by atomic mass is 9.97. The fourth-order valence-corrected chi connectivity index (χ4v) is 3.82. The Bertz CT molecular complexity index is 961. The van der Waals surface area contributed by atoms with Crippen molar-refractivity contribution < 1.29 is 4.79 Å². The van der Waals surface area contributed by atoms with Gasteiger partial charge in [0.25, 0.3) is 0 Å². The lowest BCUT2D eigenvalue weighted by Crippen LogP contribution is -2.43. The zero-order valence-corrected chi connectivity index (χ0v) is 16.5.